The summed E-state index contributed by atoms with van der Waals surface area (Å²) in [6.07, 6.45) is 0.192. The number of nitrogens with one attached hydrogen (secondary N) is 2. The van der Waals surface area contributed by atoms with Crippen molar-refractivity contribution >= 4 is 12.0 Å². The SMILES string of the molecule is CCCOc1ccc(C(=O)NNC(=O)OC)cc1. The second-order valence-electron chi connectivity index (χ2n) is 3.44. The molecule has 0 aromatic heterocycles. The summed E-state index contributed by atoms with van der Waals surface area (Å²) < 4.78 is 9.70. The van der Waals surface area contributed by atoms with E-state index >= 15 is 0 Å². The summed E-state index contributed by atoms with van der Waals surface area (Å²) in [6.45, 7) is 2.65. The Kier molecular flexibility index (Phi) is 5.50. The molecule has 0 aliphatic carbocycles. The van der Waals surface area contributed by atoms with E-state index in [1.54, 1.807) is 24.3 Å². The Morgan fingerprint density at radius 2 is 1.83 bits per heavy atom. The van der Waals surface area contributed by atoms with Crippen LogP contribution in [0.25, 0.3) is 0 Å². The number of rotatable bonds is 4. The van der Waals surface area contributed by atoms with E-state index in [4.69, 9.17) is 4.74 Å². The molecule has 0 spiro atoms. The highest BCUT2D eigenvalue weighted by molar-refractivity contribution is 5.94. The first kappa shape index (κ1) is 13.8. The van der Waals surface area contributed by atoms with Crippen molar-refractivity contribution in [3.63, 3.8) is 0 Å². The largest absolute Gasteiger partial charge is 0.494 e. The second kappa shape index (κ2) is 7.16. The second-order valence-corrected chi connectivity index (χ2v) is 3.44. The maximum Gasteiger partial charge on any atom is 0.425 e. The van der Waals surface area contributed by atoms with E-state index in [1.807, 2.05) is 6.92 Å². The van der Waals surface area contributed by atoms with Gasteiger partial charge in [-0.05, 0) is 30.7 Å². The summed E-state index contributed by atoms with van der Waals surface area (Å²) in [5.41, 5.74) is 4.71. The Hall–Kier alpha value is -2.24. The Balaban J connectivity index is 2.51. The first-order valence-corrected chi connectivity index (χ1v) is 5.54. The van der Waals surface area contributed by atoms with Crippen molar-refractivity contribution in [2.45, 2.75) is 13.3 Å². The van der Waals surface area contributed by atoms with E-state index in [1.165, 1.54) is 7.11 Å². The van der Waals surface area contributed by atoms with Crippen LogP contribution in [0.15, 0.2) is 24.3 Å². The summed E-state index contributed by atoms with van der Waals surface area (Å²) >= 11 is 0. The lowest BCUT2D eigenvalue weighted by atomic mass is 10.2. The van der Waals surface area contributed by atoms with Gasteiger partial charge in [0.1, 0.15) is 5.75 Å². The maximum atomic E-state index is 11.6. The van der Waals surface area contributed by atoms with Crippen molar-refractivity contribution < 1.29 is 19.1 Å². The highest BCUT2D eigenvalue weighted by Crippen LogP contribution is 2.12. The predicted octanol–water partition coefficient (Wildman–Crippen LogP) is 1.48. The van der Waals surface area contributed by atoms with Crippen LogP contribution in [0.5, 0.6) is 5.75 Å². The topological polar surface area (TPSA) is 76.7 Å². The number of carbonyl (C=O) groups is 2. The number of hydrogen-bond donors (Lipinski definition) is 2. The molecule has 2 amide bonds. The molecule has 1 rings (SSSR count). The molecule has 1 aromatic rings. The lowest BCUT2D eigenvalue weighted by Crippen LogP contribution is -2.41. The van der Waals surface area contributed by atoms with Gasteiger partial charge in [0.05, 0.1) is 13.7 Å². The molecule has 0 atom stereocenters. The Morgan fingerprint density at radius 3 is 2.39 bits per heavy atom. The lowest BCUT2D eigenvalue weighted by Gasteiger charge is -2.07. The average molecular weight is 252 g/mol. The van der Waals surface area contributed by atoms with Gasteiger partial charge in [-0.25, -0.2) is 10.2 Å². The minimum absolute atomic E-state index is 0.412. The zero-order valence-corrected chi connectivity index (χ0v) is 10.4. The molecule has 1 aromatic carbocycles. The smallest absolute Gasteiger partial charge is 0.425 e. The zero-order chi connectivity index (χ0) is 13.4. The van der Waals surface area contributed by atoms with E-state index in [0.29, 0.717) is 17.9 Å². The lowest BCUT2D eigenvalue weighted by molar-refractivity contribution is 0.0920. The van der Waals surface area contributed by atoms with Crippen molar-refractivity contribution in [2.24, 2.45) is 0 Å². The normalized spacial score (nSPS) is 9.44. The fourth-order valence-corrected chi connectivity index (χ4v) is 1.15. The average Bonchev–Trinajstić information content (AvgIpc) is 2.42. The van der Waals surface area contributed by atoms with Crippen LogP contribution in [0.2, 0.25) is 0 Å². The van der Waals surface area contributed by atoms with E-state index in [0.717, 1.165) is 6.42 Å². The third kappa shape index (κ3) is 4.32. The summed E-state index contributed by atoms with van der Waals surface area (Å²) in [5, 5.41) is 0. The van der Waals surface area contributed by atoms with E-state index in [-0.39, 0.29) is 0 Å². The van der Waals surface area contributed by atoms with Crippen LogP contribution in [0.1, 0.15) is 23.7 Å². The Bertz CT molecular complexity index is 403. The molecule has 6 nitrogen and oxygen atoms in total. The highest BCUT2D eigenvalue weighted by Gasteiger charge is 2.06. The molecule has 0 aliphatic heterocycles. The quantitative estimate of drug-likeness (QED) is 0.796. The Morgan fingerprint density at radius 1 is 1.17 bits per heavy atom. The van der Waals surface area contributed by atoms with Gasteiger partial charge < -0.3 is 9.47 Å². The zero-order valence-electron chi connectivity index (χ0n) is 10.4. The number of hydrogen-bond acceptors (Lipinski definition) is 4. The molecule has 0 unspecified atom stereocenters. The molecule has 18 heavy (non-hydrogen) atoms. The van der Waals surface area contributed by atoms with Gasteiger partial charge in [-0.3, -0.25) is 10.2 Å². The predicted molar refractivity (Wildman–Crippen MR) is 65.2 cm³/mol. The van der Waals surface area contributed by atoms with Crippen molar-refractivity contribution in [3.05, 3.63) is 29.8 Å². The van der Waals surface area contributed by atoms with Gasteiger partial charge >= 0.3 is 6.09 Å². The number of ether oxygens (including phenoxy) is 2. The summed E-state index contributed by atoms with van der Waals surface area (Å²) in [5.74, 6) is 0.275. The number of benzene rings is 1. The molecule has 0 saturated heterocycles. The first-order valence-electron chi connectivity index (χ1n) is 5.54. The standard InChI is InChI=1S/C12H16N2O4/c1-3-8-18-10-6-4-9(5-7-10)11(15)13-14-12(16)17-2/h4-7H,3,8H2,1-2H3,(H,13,15)(H,14,16). The molecule has 0 radical (unpaired) electrons. The monoisotopic (exact) mass is 252 g/mol. The molecule has 6 heteroatoms. The van der Waals surface area contributed by atoms with Crippen LogP contribution in [0, 0.1) is 0 Å². The number of hydrazine groups is 1. The van der Waals surface area contributed by atoms with Gasteiger partial charge in [-0.15, -0.1) is 0 Å². The molecule has 0 heterocycles. The van der Waals surface area contributed by atoms with Crippen LogP contribution >= 0.6 is 0 Å². The van der Waals surface area contributed by atoms with Gasteiger partial charge in [0.15, 0.2) is 0 Å². The molecule has 0 aliphatic rings. The van der Waals surface area contributed by atoms with Crippen molar-refractivity contribution in [1.82, 2.24) is 10.9 Å². The van der Waals surface area contributed by atoms with Crippen LogP contribution in [-0.2, 0) is 4.74 Å². The number of carbonyl (C=O) groups excluding carboxylic acids is 2. The van der Waals surface area contributed by atoms with Crippen molar-refractivity contribution in [3.8, 4) is 5.75 Å². The molecule has 98 valence electrons. The van der Waals surface area contributed by atoms with Crippen LogP contribution in [0.4, 0.5) is 4.79 Å². The molecular formula is C12H16N2O4. The van der Waals surface area contributed by atoms with E-state index in [2.05, 4.69) is 15.6 Å². The van der Waals surface area contributed by atoms with Gasteiger partial charge in [0.2, 0.25) is 0 Å². The van der Waals surface area contributed by atoms with E-state index < -0.39 is 12.0 Å². The molecule has 0 bridgehead atoms. The molecule has 0 fully saturated rings. The van der Waals surface area contributed by atoms with Crippen LogP contribution < -0.4 is 15.6 Å². The van der Waals surface area contributed by atoms with Gasteiger partial charge in [-0.1, -0.05) is 6.92 Å². The van der Waals surface area contributed by atoms with Crippen molar-refractivity contribution in [2.75, 3.05) is 13.7 Å². The van der Waals surface area contributed by atoms with E-state index in [9.17, 15) is 9.59 Å². The fourth-order valence-electron chi connectivity index (χ4n) is 1.15. The minimum atomic E-state index is -0.730. The Labute approximate surface area is 105 Å². The molecular weight excluding hydrogens is 236 g/mol. The third-order valence-corrected chi connectivity index (χ3v) is 2.05. The molecule has 0 saturated carbocycles. The van der Waals surface area contributed by atoms with Gasteiger partial charge in [0.25, 0.3) is 5.91 Å². The van der Waals surface area contributed by atoms with Gasteiger partial charge in [0, 0.05) is 5.56 Å². The minimum Gasteiger partial charge on any atom is -0.494 e. The van der Waals surface area contributed by atoms with Crippen molar-refractivity contribution in [1.29, 1.82) is 0 Å². The third-order valence-electron chi connectivity index (χ3n) is 2.05. The molecule has 2 N–H and O–H groups in total. The number of amides is 2. The summed E-state index contributed by atoms with van der Waals surface area (Å²) in [6, 6.07) is 6.62. The van der Waals surface area contributed by atoms with Gasteiger partial charge in [-0.2, -0.15) is 0 Å². The highest BCUT2D eigenvalue weighted by atomic mass is 16.5. The summed E-state index contributed by atoms with van der Waals surface area (Å²) in [4.78, 5) is 22.3. The first-order chi connectivity index (χ1) is 8.67. The maximum absolute atomic E-state index is 11.6. The van der Waals surface area contributed by atoms with Crippen LogP contribution in [0.3, 0.4) is 0 Å². The summed E-state index contributed by atoms with van der Waals surface area (Å²) in [7, 11) is 1.21. The number of methoxy groups -OCH3 is 1. The van der Waals surface area contributed by atoms with Crippen LogP contribution in [-0.4, -0.2) is 25.7 Å². The fraction of sp³-hybridized carbons (Fsp3) is 0.333.